The van der Waals surface area contributed by atoms with Crippen LogP contribution in [0.15, 0.2) is 62.4 Å². The lowest BCUT2D eigenvalue weighted by atomic mass is 10.1. The van der Waals surface area contributed by atoms with Crippen molar-refractivity contribution < 1.29 is 19.4 Å². The van der Waals surface area contributed by atoms with Crippen LogP contribution in [0.3, 0.4) is 0 Å². The Kier molecular flexibility index (Phi) is 5.90. The maximum Gasteiger partial charge on any atom is 0.293 e. The molecule has 0 radical (unpaired) electrons. The van der Waals surface area contributed by atoms with Crippen LogP contribution < -0.4 is 4.74 Å². The number of imide groups is 1. The fourth-order valence-corrected chi connectivity index (χ4v) is 4.84. The molecule has 0 aliphatic carbocycles. The van der Waals surface area contributed by atoms with Crippen LogP contribution in [0.4, 0.5) is 4.79 Å². The van der Waals surface area contributed by atoms with E-state index in [1.807, 2.05) is 42.5 Å². The number of aromatic hydroxyl groups is 1. The number of thioether (sulfide) groups is 1. The zero-order chi connectivity index (χ0) is 21.4. The van der Waals surface area contributed by atoms with E-state index < -0.39 is 0 Å². The van der Waals surface area contributed by atoms with Gasteiger partial charge in [0.15, 0.2) is 11.5 Å². The second kappa shape index (κ2) is 8.45. The van der Waals surface area contributed by atoms with Crippen molar-refractivity contribution in [1.82, 2.24) is 4.90 Å². The molecule has 1 saturated heterocycles. The highest BCUT2D eigenvalue weighted by Crippen LogP contribution is 2.43. The summed E-state index contributed by atoms with van der Waals surface area (Å²) >= 11 is 7.59. The Morgan fingerprint density at radius 1 is 1.07 bits per heavy atom. The monoisotopic (exact) mass is 547 g/mol. The molecule has 1 heterocycles. The first-order valence-corrected chi connectivity index (χ1v) is 11.3. The summed E-state index contributed by atoms with van der Waals surface area (Å²) < 4.78 is 6.13. The molecule has 0 spiro atoms. The van der Waals surface area contributed by atoms with Crippen LogP contribution in [0.25, 0.3) is 16.8 Å². The Balaban J connectivity index is 1.63. The van der Waals surface area contributed by atoms with E-state index in [0.29, 0.717) is 19.4 Å². The van der Waals surface area contributed by atoms with Crippen LogP contribution in [0.2, 0.25) is 0 Å². The Hall–Kier alpha value is -2.29. The third-order valence-corrected chi connectivity index (χ3v) is 7.77. The molecule has 30 heavy (non-hydrogen) atoms. The van der Waals surface area contributed by atoms with Gasteiger partial charge in [0.2, 0.25) is 0 Å². The molecule has 0 bridgehead atoms. The molecule has 2 amide bonds. The minimum absolute atomic E-state index is 0.0501. The number of benzene rings is 3. The molecule has 1 aliphatic rings. The molecule has 3 aromatic carbocycles. The van der Waals surface area contributed by atoms with Gasteiger partial charge in [-0.25, -0.2) is 0 Å². The van der Waals surface area contributed by atoms with Crippen LogP contribution in [0, 0.1) is 0 Å². The highest BCUT2D eigenvalue weighted by atomic mass is 79.9. The zero-order valence-electron chi connectivity index (χ0n) is 15.7. The van der Waals surface area contributed by atoms with Gasteiger partial charge in [-0.3, -0.25) is 14.5 Å². The SMILES string of the molecule is COc1cc(/C=C2\SC(=O)N(Cc3ccc4ccccc4c3)C2=O)c(Br)c(Br)c1O. The highest BCUT2D eigenvalue weighted by molar-refractivity contribution is 9.13. The molecule has 152 valence electrons. The van der Waals surface area contributed by atoms with E-state index in [1.54, 1.807) is 12.1 Å². The Morgan fingerprint density at radius 2 is 1.80 bits per heavy atom. The summed E-state index contributed by atoms with van der Waals surface area (Å²) in [4.78, 5) is 27.0. The molecule has 8 heteroatoms. The van der Waals surface area contributed by atoms with E-state index in [4.69, 9.17) is 4.74 Å². The van der Waals surface area contributed by atoms with Gasteiger partial charge in [0, 0.05) is 4.47 Å². The number of ether oxygens (including phenoxy) is 1. The van der Waals surface area contributed by atoms with Gasteiger partial charge in [0.1, 0.15) is 0 Å². The van der Waals surface area contributed by atoms with Crippen LogP contribution in [-0.2, 0) is 11.3 Å². The Bertz CT molecular complexity index is 1230. The van der Waals surface area contributed by atoms with Crippen LogP contribution in [0.5, 0.6) is 11.5 Å². The maximum atomic E-state index is 12.9. The van der Waals surface area contributed by atoms with Gasteiger partial charge in [-0.05, 0) is 83.7 Å². The number of phenolic OH excluding ortho intramolecular Hbond substituents is 1. The average molecular weight is 549 g/mol. The normalized spacial score (nSPS) is 15.4. The number of hydrogen-bond acceptors (Lipinski definition) is 5. The molecule has 0 saturated carbocycles. The molecular weight excluding hydrogens is 534 g/mol. The molecule has 5 nitrogen and oxygen atoms in total. The number of fused-ring (bicyclic) bond motifs is 1. The number of phenols is 1. The molecule has 0 aromatic heterocycles. The van der Waals surface area contributed by atoms with E-state index in [1.165, 1.54) is 12.0 Å². The van der Waals surface area contributed by atoms with E-state index in [2.05, 4.69) is 31.9 Å². The van der Waals surface area contributed by atoms with Gasteiger partial charge in [0.25, 0.3) is 11.1 Å². The molecule has 0 unspecified atom stereocenters. The van der Waals surface area contributed by atoms with Crippen molar-refractivity contribution in [3.63, 3.8) is 0 Å². The first kappa shape index (κ1) is 21.0. The summed E-state index contributed by atoms with van der Waals surface area (Å²) in [6.07, 6.45) is 1.61. The summed E-state index contributed by atoms with van der Waals surface area (Å²) in [6.45, 7) is 0.205. The molecule has 1 N–H and O–H groups in total. The first-order chi connectivity index (χ1) is 14.4. The maximum absolute atomic E-state index is 12.9. The lowest BCUT2D eigenvalue weighted by Gasteiger charge is -2.13. The van der Waals surface area contributed by atoms with Crippen molar-refractivity contribution in [2.24, 2.45) is 0 Å². The average Bonchev–Trinajstić information content (AvgIpc) is 3.01. The van der Waals surface area contributed by atoms with Crippen LogP contribution in [-0.4, -0.2) is 28.3 Å². The third kappa shape index (κ3) is 3.87. The van der Waals surface area contributed by atoms with Crippen molar-refractivity contribution in [1.29, 1.82) is 0 Å². The Labute approximate surface area is 194 Å². The second-order valence-electron chi connectivity index (χ2n) is 6.59. The van der Waals surface area contributed by atoms with Crippen molar-refractivity contribution >= 4 is 71.6 Å². The van der Waals surface area contributed by atoms with Crippen LogP contribution >= 0.6 is 43.6 Å². The molecule has 0 atom stereocenters. The largest absolute Gasteiger partial charge is 0.503 e. The minimum atomic E-state index is -0.353. The number of carbonyl (C=O) groups is 2. The van der Waals surface area contributed by atoms with Crippen molar-refractivity contribution in [2.45, 2.75) is 6.54 Å². The predicted molar refractivity (Wildman–Crippen MR) is 126 cm³/mol. The molecule has 3 aromatic rings. The molecule has 1 fully saturated rings. The first-order valence-electron chi connectivity index (χ1n) is 8.87. The van der Waals surface area contributed by atoms with Gasteiger partial charge >= 0.3 is 0 Å². The number of nitrogens with zero attached hydrogens (tertiary/aromatic N) is 1. The van der Waals surface area contributed by atoms with E-state index >= 15 is 0 Å². The topological polar surface area (TPSA) is 66.8 Å². The molecular formula is C22H15Br2NO4S. The third-order valence-electron chi connectivity index (χ3n) is 4.71. The fourth-order valence-electron chi connectivity index (χ4n) is 3.17. The van der Waals surface area contributed by atoms with Gasteiger partial charge in [-0.2, -0.15) is 0 Å². The number of rotatable bonds is 4. The predicted octanol–water partition coefficient (Wildman–Crippen LogP) is 6.32. The van der Waals surface area contributed by atoms with Crippen molar-refractivity contribution in [3.05, 3.63) is 73.5 Å². The second-order valence-corrected chi connectivity index (χ2v) is 9.17. The lowest BCUT2D eigenvalue weighted by Crippen LogP contribution is -2.27. The zero-order valence-corrected chi connectivity index (χ0v) is 19.7. The number of hydrogen-bond donors (Lipinski definition) is 1. The van der Waals surface area contributed by atoms with E-state index in [-0.39, 0.29) is 29.2 Å². The number of methoxy groups -OCH3 is 1. The van der Waals surface area contributed by atoms with Gasteiger partial charge in [0.05, 0.1) is 23.0 Å². The van der Waals surface area contributed by atoms with Crippen molar-refractivity contribution in [2.75, 3.05) is 7.11 Å². The summed E-state index contributed by atoms with van der Waals surface area (Å²) in [5.41, 5.74) is 1.49. The van der Waals surface area contributed by atoms with Gasteiger partial charge in [-0.15, -0.1) is 0 Å². The number of amides is 2. The standard InChI is InChI=1S/C22H15Br2NO4S/c1-29-16-9-15(18(23)19(24)20(16)26)10-17-21(27)25(22(28)30-17)11-12-6-7-13-4-2-3-5-14(13)8-12/h2-10,26H,11H2,1H3/b17-10-. The summed E-state index contributed by atoms with van der Waals surface area (Å²) in [5.74, 6) is -0.147. The van der Waals surface area contributed by atoms with Crippen LogP contribution in [0.1, 0.15) is 11.1 Å². The van der Waals surface area contributed by atoms with Crippen molar-refractivity contribution in [3.8, 4) is 11.5 Å². The van der Waals surface area contributed by atoms with Gasteiger partial charge < -0.3 is 9.84 Å². The quantitative estimate of drug-likeness (QED) is 0.387. The number of carbonyl (C=O) groups excluding carboxylic acids is 2. The van der Waals surface area contributed by atoms with Gasteiger partial charge in [-0.1, -0.05) is 36.4 Å². The fraction of sp³-hybridized carbons (Fsp3) is 0.0909. The lowest BCUT2D eigenvalue weighted by molar-refractivity contribution is -0.123. The Morgan fingerprint density at radius 3 is 2.53 bits per heavy atom. The van der Waals surface area contributed by atoms with E-state index in [9.17, 15) is 14.7 Å². The smallest absolute Gasteiger partial charge is 0.293 e. The summed E-state index contributed by atoms with van der Waals surface area (Å²) in [6, 6.07) is 15.4. The molecule has 4 rings (SSSR count). The molecule has 1 aliphatic heterocycles. The highest BCUT2D eigenvalue weighted by Gasteiger charge is 2.35. The minimum Gasteiger partial charge on any atom is -0.503 e. The summed E-state index contributed by atoms with van der Waals surface area (Å²) in [5, 5.41) is 11.9. The number of halogens is 2. The van der Waals surface area contributed by atoms with E-state index in [0.717, 1.165) is 28.1 Å². The summed E-state index contributed by atoms with van der Waals surface area (Å²) in [7, 11) is 1.44.